The second-order valence-electron chi connectivity index (χ2n) is 6.44. The Morgan fingerprint density at radius 2 is 1.53 bits per heavy atom. The van der Waals surface area contributed by atoms with E-state index in [1.807, 2.05) is 4.72 Å². The van der Waals surface area contributed by atoms with Crippen LogP contribution in [0.25, 0.3) is 0 Å². The minimum Gasteiger partial charge on any atom is -0.468 e. The lowest BCUT2D eigenvalue weighted by Gasteiger charge is -2.18. The molecule has 176 valence electrons. The Labute approximate surface area is 184 Å². The Morgan fingerprint density at radius 3 is 2.00 bits per heavy atom. The molecule has 1 N–H and O–H groups in total. The lowest BCUT2D eigenvalue weighted by molar-refractivity contribution is -0.144. The summed E-state index contributed by atoms with van der Waals surface area (Å²) in [5.41, 5.74) is -2.72. The van der Waals surface area contributed by atoms with Crippen LogP contribution in [0, 0.1) is 0 Å². The van der Waals surface area contributed by atoms with Gasteiger partial charge in [0.1, 0.15) is 6.04 Å². The number of halogens is 6. The SMILES string of the molecule is COC(=O)[C@H](CSCc1ccccc1)NS(=O)(=O)c1cc(C(F)(F)F)cc(C(F)(F)F)c1. The molecular weight excluding hydrogens is 484 g/mol. The molecule has 0 saturated heterocycles. The van der Waals surface area contributed by atoms with Gasteiger partial charge in [-0.2, -0.15) is 42.8 Å². The molecule has 32 heavy (non-hydrogen) atoms. The smallest absolute Gasteiger partial charge is 0.416 e. The van der Waals surface area contributed by atoms with Crippen LogP contribution in [0.2, 0.25) is 0 Å². The van der Waals surface area contributed by atoms with E-state index in [0.29, 0.717) is 5.75 Å². The number of methoxy groups -OCH3 is 1. The van der Waals surface area contributed by atoms with Gasteiger partial charge in [0.15, 0.2) is 0 Å². The monoisotopic (exact) mass is 501 g/mol. The summed E-state index contributed by atoms with van der Waals surface area (Å²) in [6.45, 7) is 0. The zero-order valence-electron chi connectivity index (χ0n) is 16.3. The lowest BCUT2D eigenvalue weighted by Crippen LogP contribution is -2.43. The molecule has 0 saturated carbocycles. The largest absolute Gasteiger partial charge is 0.468 e. The van der Waals surface area contributed by atoms with E-state index in [0.717, 1.165) is 24.4 Å². The molecule has 2 aromatic rings. The number of esters is 1. The number of nitrogens with one attached hydrogen (secondary N) is 1. The fraction of sp³-hybridized carbons (Fsp3) is 0.316. The minimum atomic E-state index is -5.22. The fourth-order valence-corrected chi connectivity index (χ4v) is 4.86. The summed E-state index contributed by atoms with van der Waals surface area (Å²) in [4.78, 5) is 10.7. The van der Waals surface area contributed by atoms with E-state index in [9.17, 15) is 39.6 Å². The molecule has 0 spiro atoms. The molecule has 0 aromatic heterocycles. The maximum atomic E-state index is 13.0. The van der Waals surface area contributed by atoms with Crippen LogP contribution in [0.1, 0.15) is 16.7 Å². The van der Waals surface area contributed by atoms with Crippen molar-refractivity contribution in [1.29, 1.82) is 0 Å². The summed E-state index contributed by atoms with van der Waals surface area (Å²) in [5, 5.41) is 0. The van der Waals surface area contributed by atoms with E-state index >= 15 is 0 Å². The summed E-state index contributed by atoms with van der Waals surface area (Å²) >= 11 is 1.12. The van der Waals surface area contributed by atoms with Crippen LogP contribution >= 0.6 is 11.8 Å². The van der Waals surface area contributed by atoms with E-state index < -0.39 is 50.4 Å². The first-order valence-electron chi connectivity index (χ1n) is 8.75. The summed E-state index contributed by atoms with van der Waals surface area (Å²) < 4.78 is 110. The van der Waals surface area contributed by atoms with Crippen molar-refractivity contribution in [2.24, 2.45) is 0 Å². The average Bonchev–Trinajstić information content (AvgIpc) is 2.71. The van der Waals surface area contributed by atoms with Gasteiger partial charge in [-0.1, -0.05) is 30.3 Å². The van der Waals surface area contributed by atoms with E-state index in [-0.39, 0.29) is 24.0 Å². The molecule has 0 unspecified atom stereocenters. The van der Waals surface area contributed by atoms with Crippen LogP contribution in [0.3, 0.4) is 0 Å². The van der Waals surface area contributed by atoms with Crippen molar-refractivity contribution in [1.82, 2.24) is 4.72 Å². The van der Waals surface area contributed by atoms with Gasteiger partial charge in [-0.15, -0.1) is 0 Å². The molecule has 0 radical (unpaired) electrons. The lowest BCUT2D eigenvalue weighted by atomic mass is 10.1. The molecular formula is C19H17F6NO4S2. The summed E-state index contributed by atoms with van der Waals surface area (Å²) in [5.74, 6) is -0.846. The molecule has 0 bridgehead atoms. The molecule has 0 aliphatic carbocycles. The molecule has 1 atom stereocenters. The van der Waals surface area contributed by atoms with E-state index in [4.69, 9.17) is 0 Å². The van der Waals surface area contributed by atoms with Gasteiger partial charge < -0.3 is 4.74 Å². The Morgan fingerprint density at radius 1 is 1.00 bits per heavy atom. The molecule has 0 amide bonds. The number of ether oxygens (including phenoxy) is 1. The van der Waals surface area contributed by atoms with Crippen molar-refractivity contribution in [3.05, 3.63) is 65.2 Å². The van der Waals surface area contributed by atoms with Gasteiger partial charge in [0.25, 0.3) is 0 Å². The average molecular weight is 501 g/mol. The Bertz CT molecular complexity index is 1010. The number of hydrogen-bond donors (Lipinski definition) is 1. The molecule has 0 fully saturated rings. The summed E-state index contributed by atoms with van der Waals surface area (Å²) in [6, 6.07) is 7.30. The van der Waals surface area contributed by atoms with E-state index in [2.05, 4.69) is 4.74 Å². The molecule has 2 aromatic carbocycles. The first-order valence-corrected chi connectivity index (χ1v) is 11.4. The topological polar surface area (TPSA) is 72.5 Å². The maximum Gasteiger partial charge on any atom is 0.416 e. The molecule has 0 aliphatic heterocycles. The summed E-state index contributed by atoms with van der Waals surface area (Å²) in [6.07, 6.45) is -10.4. The van der Waals surface area contributed by atoms with Crippen molar-refractivity contribution in [2.75, 3.05) is 12.9 Å². The van der Waals surface area contributed by atoms with Gasteiger partial charge in [0.05, 0.1) is 23.1 Å². The number of carbonyl (C=O) groups is 1. The van der Waals surface area contributed by atoms with E-state index in [1.54, 1.807) is 30.3 Å². The van der Waals surface area contributed by atoms with Crippen molar-refractivity contribution in [3.63, 3.8) is 0 Å². The first kappa shape index (κ1) is 26.0. The van der Waals surface area contributed by atoms with Crippen molar-refractivity contribution in [3.8, 4) is 0 Å². The molecule has 0 aliphatic rings. The number of benzene rings is 2. The maximum absolute atomic E-state index is 13.0. The zero-order valence-corrected chi connectivity index (χ0v) is 18.0. The molecule has 2 rings (SSSR count). The van der Waals surface area contributed by atoms with Crippen LogP contribution in [0.15, 0.2) is 53.4 Å². The van der Waals surface area contributed by atoms with Crippen LogP contribution in [0.5, 0.6) is 0 Å². The number of rotatable bonds is 8. The zero-order chi connectivity index (χ0) is 24.2. The fourth-order valence-electron chi connectivity index (χ4n) is 2.50. The van der Waals surface area contributed by atoms with Crippen molar-refractivity contribution in [2.45, 2.75) is 29.0 Å². The quantitative estimate of drug-likeness (QED) is 0.427. The molecule has 0 heterocycles. The normalized spacial score (nSPS) is 13.6. The van der Waals surface area contributed by atoms with Crippen LogP contribution in [-0.2, 0) is 37.7 Å². The highest BCUT2D eigenvalue weighted by molar-refractivity contribution is 7.98. The van der Waals surface area contributed by atoms with Gasteiger partial charge in [-0.25, -0.2) is 8.42 Å². The predicted molar refractivity (Wildman–Crippen MR) is 105 cm³/mol. The number of sulfonamides is 1. The van der Waals surface area contributed by atoms with Gasteiger partial charge in [-0.3, -0.25) is 4.79 Å². The molecule has 13 heteroatoms. The minimum absolute atomic E-state index is 0.0724. The van der Waals surface area contributed by atoms with Crippen LogP contribution in [-0.4, -0.2) is 33.3 Å². The Balaban J connectivity index is 2.31. The highest BCUT2D eigenvalue weighted by Gasteiger charge is 2.39. The van der Waals surface area contributed by atoms with Gasteiger partial charge >= 0.3 is 18.3 Å². The number of alkyl halides is 6. The molecule has 5 nitrogen and oxygen atoms in total. The van der Waals surface area contributed by atoms with Crippen LogP contribution in [0.4, 0.5) is 26.3 Å². The third kappa shape index (κ3) is 7.14. The number of thioether (sulfide) groups is 1. The van der Waals surface area contributed by atoms with Gasteiger partial charge in [0.2, 0.25) is 10.0 Å². The highest BCUT2D eigenvalue weighted by Crippen LogP contribution is 2.37. The summed E-state index contributed by atoms with van der Waals surface area (Å²) in [7, 11) is -3.97. The number of hydrogen-bond acceptors (Lipinski definition) is 5. The number of carbonyl (C=O) groups excluding carboxylic acids is 1. The second kappa shape index (κ2) is 10.1. The van der Waals surface area contributed by atoms with Crippen LogP contribution < -0.4 is 4.72 Å². The van der Waals surface area contributed by atoms with Gasteiger partial charge in [0, 0.05) is 11.5 Å². The predicted octanol–water partition coefficient (Wildman–Crippen LogP) is 4.48. The Kier molecular flexibility index (Phi) is 8.23. The van der Waals surface area contributed by atoms with Crippen molar-refractivity contribution >= 4 is 27.8 Å². The standard InChI is InChI=1S/C19H17F6NO4S2/c1-30-17(27)16(11-31-10-12-5-3-2-4-6-12)26-32(28,29)15-8-13(18(20,21)22)7-14(9-15)19(23,24)25/h2-9,16,26H,10-11H2,1H3/t16-/m0/s1. The highest BCUT2D eigenvalue weighted by atomic mass is 32.2. The van der Waals surface area contributed by atoms with Gasteiger partial charge in [-0.05, 0) is 23.8 Å². The second-order valence-corrected chi connectivity index (χ2v) is 9.18. The Hall–Kier alpha value is -2.25. The third-order valence-electron chi connectivity index (χ3n) is 4.05. The van der Waals surface area contributed by atoms with E-state index in [1.165, 1.54) is 0 Å². The van der Waals surface area contributed by atoms with Crippen molar-refractivity contribution < 1.29 is 44.3 Å². The third-order valence-corrected chi connectivity index (χ3v) is 6.61. The first-order chi connectivity index (χ1) is 14.7.